The summed E-state index contributed by atoms with van der Waals surface area (Å²) in [5.41, 5.74) is 0.556. The summed E-state index contributed by atoms with van der Waals surface area (Å²) >= 11 is 0. The van der Waals surface area contributed by atoms with Crippen LogP contribution in [0.2, 0.25) is 0 Å². The fourth-order valence-corrected chi connectivity index (χ4v) is 5.64. The summed E-state index contributed by atoms with van der Waals surface area (Å²) in [5, 5.41) is 0. The van der Waals surface area contributed by atoms with E-state index >= 15 is 0 Å². The van der Waals surface area contributed by atoms with Gasteiger partial charge in [0.25, 0.3) is 5.91 Å². The van der Waals surface area contributed by atoms with Crippen LogP contribution in [0.4, 0.5) is 0 Å². The number of amides is 1. The third-order valence-corrected chi connectivity index (χ3v) is 7.75. The standard InChI is InChI=1S/C19H27N3O4S/c23-19(21-10-9-20-8-2-1-3-17(20)15-21)16-4-6-18(7-5-16)27(24,25)22-11-13-26-14-12-22/h4-7,17H,1-3,8-15H2. The largest absolute Gasteiger partial charge is 0.379 e. The van der Waals surface area contributed by atoms with Gasteiger partial charge >= 0.3 is 0 Å². The van der Waals surface area contributed by atoms with Gasteiger partial charge in [-0.1, -0.05) is 6.42 Å². The van der Waals surface area contributed by atoms with Crippen LogP contribution in [0.15, 0.2) is 29.2 Å². The van der Waals surface area contributed by atoms with Gasteiger partial charge in [0, 0.05) is 44.3 Å². The summed E-state index contributed by atoms with van der Waals surface area (Å²) in [4.78, 5) is 17.5. The van der Waals surface area contributed by atoms with Crippen molar-refractivity contribution in [1.29, 1.82) is 0 Å². The highest BCUT2D eigenvalue weighted by atomic mass is 32.2. The van der Waals surface area contributed by atoms with Gasteiger partial charge in [-0.2, -0.15) is 4.31 Å². The molecule has 3 aliphatic rings. The highest BCUT2D eigenvalue weighted by molar-refractivity contribution is 7.89. The van der Waals surface area contributed by atoms with E-state index in [-0.39, 0.29) is 10.8 Å². The quantitative estimate of drug-likeness (QED) is 0.767. The summed E-state index contributed by atoms with van der Waals surface area (Å²) in [6.45, 7) is 5.16. The predicted molar refractivity (Wildman–Crippen MR) is 101 cm³/mol. The van der Waals surface area contributed by atoms with E-state index in [0.717, 1.165) is 32.6 Å². The number of piperidine rings is 1. The van der Waals surface area contributed by atoms with Crippen molar-refractivity contribution in [2.45, 2.75) is 30.2 Å². The lowest BCUT2D eigenvalue weighted by Gasteiger charge is -2.44. The molecule has 1 aromatic carbocycles. The Bertz CT molecular complexity index is 775. The Labute approximate surface area is 160 Å². The first kappa shape index (κ1) is 18.9. The molecule has 27 heavy (non-hydrogen) atoms. The second kappa shape index (κ2) is 7.87. The molecule has 0 N–H and O–H groups in total. The Kier molecular flexibility index (Phi) is 5.50. The van der Waals surface area contributed by atoms with Gasteiger partial charge < -0.3 is 9.64 Å². The SMILES string of the molecule is O=C(c1ccc(S(=O)(=O)N2CCOCC2)cc1)N1CCN2CCCCC2C1. The second-order valence-corrected chi connectivity index (χ2v) is 9.42. The lowest BCUT2D eigenvalue weighted by Crippen LogP contribution is -2.56. The minimum Gasteiger partial charge on any atom is -0.379 e. The van der Waals surface area contributed by atoms with Gasteiger partial charge in [0.1, 0.15) is 0 Å². The van der Waals surface area contributed by atoms with E-state index in [1.165, 1.54) is 17.1 Å². The third kappa shape index (κ3) is 3.89. The van der Waals surface area contributed by atoms with Crippen molar-refractivity contribution in [3.63, 3.8) is 0 Å². The lowest BCUT2D eigenvalue weighted by atomic mass is 9.99. The lowest BCUT2D eigenvalue weighted by molar-refractivity contribution is 0.0372. The van der Waals surface area contributed by atoms with E-state index < -0.39 is 10.0 Å². The van der Waals surface area contributed by atoms with Crippen LogP contribution in [0.25, 0.3) is 0 Å². The average molecular weight is 394 g/mol. The van der Waals surface area contributed by atoms with E-state index in [9.17, 15) is 13.2 Å². The van der Waals surface area contributed by atoms with Gasteiger partial charge in [0.05, 0.1) is 18.1 Å². The van der Waals surface area contributed by atoms with E-state index in [1.807, 2.05) is 4.90 Å². The Morgan fingerprint density at radius 2 is 1.70 bits per heavy atom. The van der Waals surface area contributed by atoms with Gasteiger partial charge in [0.15, 0.2) is 0 Å². The maximum atomic E-state index is 12.9. The minimum atomic E-state index is -3.52. The maximum absolute atomic E-state index is 12.9. The first-order valence-corrected chi connectivity index (χ1v) is 11.2. The number of benzene rings is 1. The molecule has 1 unspecified atom stereocenters. The zero-order valence-corrected chi connectivity index (χ0v) is 16.4. The molecular weight excluding hydrogens is 366 g/mol. The Morgan fingerprint density at radius 3 is 2.44 bits per heavy atom. The summed E-state index contributed by atoms with van der Waals surface area (Å²) in [6.07, 6.45) is 3.64. The molecule has 4 rings (SSSR count). The molecule has 148 valence electrons. The summed E-state index contributed by atoms with van der Waals surface area (Å²) in [7, 11) is -3.52. The Morgan fingerprint density at radius 1 is 0.963 bits per heavy atom. The molecule has 1 amide bonds. The van der Waals surface area contributed by atoms with Gasteiger partial charge in [-0.3, -0.25) is 9.69 Å². The fourth-order valence-electron chi connectivity index (χ4n) is 4.23. The van der Waals surface area contributed by atoms with Crippen molar-refractivity contribution in [2.24, 2.45) is 0 Å². The number of hydrogen-bond donors (Lipinski definition) is 0. The average Bonchev–Trinajstić information content (AvgIpc) is 2.73. The van der Waals surface area contributed by atoms with Crippen molar-refractivity contribution in [2.75, 3.05) is 52.5 Å². The molecule has 3 fully saturated rings. The zero-order valence-electron chi connectivity index (χ0n) is 15.5. The first-order valence-electron chi connectivity index (χ1n) is 9.77. The molecule has 0 aliphatic carbocycles. The minimum absolute atomic E-state index is 0.00413. The van der Waals surface area contributed by atoms with Crippen molar-refractivity contribution in [3.8, 4) is 0 Å². The molecule has 8 heteroatoms. The summed E-state index contributed by atoms with van der Waals surface area (Å²) in [5.74, 6) is -0.00413. The summed E-state index contributed by atoms with van der Waals surface area (Å²) in [6, 6.07) is 6.85. The first-order chi connectivity index (χ1) is 13.1. The van der Waals surface area contributed by atoms with Crippen molar-refractivity contribution < 1.29 is 17.9 Å². The van der Waals surface area contributed by atoms with Crippen LogP contribution in [0, 0.1) is 0 Å². The Hall–Kier alpha value is -1.48. The zero-order chi connectivity index (χ0) is 18.9. The smallest absolute Gasteiger partial charge is 0.253 e. The van der Waals surface area contributed by atoms with Crippen LogP contribution in [0.1, 0.15) is 29.6 Å². The number of ether oxygens (including phenoxy) is 1. The molecule has 7 nitrogen and oxygen atoms in total. The van der Waals surface area contributed by atoms with Gasteiger partial charge in [0.2, 0.25) is 10.0 Å². The topological polar surface area (TPSA) is 70.2 Å². The highest BCUT2D eigenvalue weighted by Crippen LogP contribution is 2.23. The number of morpholine rings is 1. The summed E-state index contributed by atoms with van der Waals surface area (Å²) < 4.78 is 32.1. The second-order valence-electron chi connectivity index (χ2n) is 7.48. The molecule has 1 atom stereocenters. The van der Waals surface area contributed by atoms with Crippen LogP contribution >= 0.6 is 0 Å². The molecular formula is C19H27N3O4S. The van der Waals surface area contributed by atoms with E-state index in [4.69, 9.17) is 4.74 Å². The predicted octanol–water partition coefficient (Wildman–Crippen LogP) is 1.02. The number of fused-ring (bicyclic) bond motifs is 1. The maximum Gasteiger partial charge on any atom is 0.253 e. The number of carbonyl (C=O) groups excluding carboxylic acids is 1. The van der Waals surface area contributed by atoms with Crippen LogP contribution in [-0.4, -0.2) is 87.0 Å². The number of sulfonamides is 1. The van der Waals surface area contributed by atoms with Gasteiger partial charge in [-0.25, -0.2) is 8.42 Å². The monoisotopic (exact) mass is 393 g/mol. The van der Waals surface area contributed by atoms with E-state index in [0.29, 0.717) is 37.9 Å². The molecule has 3 aliphatic heterocycles. The van der Waals surface area contributed by atoms with Crippen LogP contribution < -0.4 is 0 Å². The van der Waals surface area contributed by atoms with E-state index in [1.54, 1.807) is 24.3 Å². The highest BCUT2D eigenvalue weighted by Gasteiger charge is 2.32. The van der Waals surface area contributed by atoms with Gasteiger partial charge in [-0.15, -0.1) is 0 Å². The van der Waals surface area contributed by atoms with Gasteiger partial charge in [-0.05, 0) is 43.7 Å². The number of rotatable bonds is 3. The molecule has 0 aromatic heterocycles. The molecule has 0 saturated carbocycles. The van der Waals surface area contributed by atoms with Crippen molar-refractivity contribution in [1.82, 2.24) is 14.1 Å². The number of nitrogens with zero attached hydrogens (tertiary/aromatic N) is 3. The molecule has 3 saturated heterocycles. The van der Waals surface area contributed by atoms with Crippen molar-refractivity contribution in [3.05, 3.63) is 29.8 Å². The fraction of sp³-hybridized carbons (Fsp3) is 0.632. The number of piperazine rings is 1. The van der Waals surface area contributed by atoms with Crippen LogP contribution in [0.3, 0.4) is 0 Å². The normalized spacial score (nSPS) is 25.2. The molecule has 0 bridgehead atoms. The number of carbonyl (C=O) groups is 1. The van der Waals surface area contributed by atoms with Crippen LogP contribution in [-0.2, 0) is 14.8 Å². The third-order valence-electron chi connectivity index (χ3n) is 5.83. The molecule has 0 spiro atoms. The molecule has 3 heterocycles. The number of hydrogen-bond acceptors (Lipinski definition) is 5. The molecule has 1 aromatic rings. The molecule has 0 radical (unpaired) electrons. The van der Waals surface area contributed by atoms with Crippen molar-refractivity contribution >= 4 is 15.9 Å². The Balaban J connectivity index is 1.44. The van der Waals surface area contributed by atoms with Crippen LogP contribution in [0.5, 0.6) is 0 Å². The van der Waals surface area contributed by atoms with E-state index in [2.05, 4.69) is 4.90 Å².